The van der Waals surface area contributed by atoms with Crippen LogP contribution in [0, 0.1) is 6.92 Å². The van der Waals surface area contributed by atoms with Crippen LogP contribution in [-0.4, -0.2) is 27.5 Å². The summed E-state index contributed by atoms with van der Waals surface area (Å²) in [6, 6.07) is 14.8. The number of nitrogens with one attached hydrogen (secondary N) is 2. The number of benzene rings is 1. The molecule has 0 amide bonds. The maximum Gasteiger partial charge on any atom is 0.272 e. The van der Waals surface area contributed by atoms with Crippen LogP contribution in [0.25, 0.3) is 0 Å². The summed E-state index contributed by atoms with van der Waals surface area (Å²) in [5.41, 5.74) is 2.82. The van der Waals surface area contributed by atoms with E-state index < -0.39 is 10.0 Å². The van der Waals surface area contributed by atoms with E-state index in [0.717, 1.165) is 21.9 Å². The third-order valence-corrected chi connectivity index (χ3v) is 6.50. The van der Waals surface area contributed by atoms with Gasteiger partial charge in [0.05, 0.1) is 11.9 Å². The zero-order chi connectivity index (χ0) is 18.7. The van der Waals surface area contributed by atoms with Crippen molar-refractivity contribution in [3.8, 4) is 0 Å². The Bertz CT molecular complexity index is 979. The Kier molecular flexibility index (Phi) is 5.15. The highest BCUT2D eigenvalue weighted by atomic mass is 32.2. The maximum absolute atomic E-state index is 12.3. The average Bonchev–Trinajstić information content (AvgIpc) is 3.04. The van der Waals surface area contributed by atoms with Crippen LogP contribution in [0.3, 0.4) is 0 Å². The molecule has 136 valence electrons. The van der Waals surface area contributed by atoms with Crippen molar-refractivity contribution >= 4 is 44.2 Å². The van der Waals surface area contributed by atoms with E-state index >= 15 is 0 Å². The second kappa shape index (κ2) is 7.35. The Morgan fingerprint density at radius 3 is 2.19 bits per heavy atom. The van der Waals surface area contributed by atoms with Crippen LogP contribution >= 0.6 is 11.3 Å². The van der Waals surface area contributed by atoms with Gasteiger partial charge in [-0.1, -0.05) is 0 Å². The summed E-state index contributed by atoms with van der Waals surface area (Å²) in [7, 11) is 0.383. The number of hydrogen-bond acceptors (Lipinski definition) is 6. The van der Waals surface area contributed by atoms with Gasteiger partial charge in [0.1, 0.15) is 10.0 Å². The van der Waals surface area contributed by atoms with E-state index in [9.17, 15) is 8.42 Å². The van der Waals surface area contributed by atoms with Gasteiger partial charge in [0.2, 0.25) is 0 Å². The summed E-state index contributed by atoms with van der Waals surface area (Å²) >= 11 is 1.23. The molecule has 6 nitrogen and oxygen atoms in total. The summed E-state index contributed by atoms with van der Waals surface area (Å²) in [4.78, 5) is 7.15. The zero-order valence-electron chi connectivity index (χ0n) is 14.7. The third kappa shape index (κ3) is 4.33. The number of hydrogen-bond donors (Lipinski definition) is 2. The Balaban J connectivity index is 1.68. The molecular weight excluding hydrogens is 368 g/mol. The largest absolute Gasteiger partial charge is 0.378 e. The van der Waals surface area contributed by atoms with Crippen LogP contribution < -0.4 is 14.9 Å². The third-order valence-electron chi connectivity index (χ3n) is 3.66. The van der Waals surface area contributed by atoms with Crippen molar-refractivity contribution in [3.05, 3.63) is 59.6 Å². The van der Waals surface area contributed by atoms with Crippen molar-refractivity contribution in [3.63, 3.8) is 0 Å². The molecule has 2 heterocycles. The average molecular weight is 389 g/mol. The molecule has 2 N–H and O–H groups in total. The number of pyridine rings is 1. The number of thiophene rings is 1. The number of nitrogens with zero attached hydrogens (tertiary/aromatic N) is 2. The van der Waals surface area contributed by atoms with Gasteiger partial charge in [0.15, 0.2) is 0 Å². The summed E-state index contributed by atoms with van der Waals surface area (Å²) in [5.74, 6) is 0.282. The zero-order valence-corrected chi connectivity index (χ0v) is 16.4. The molecule has 3 aromatic rings. The maximum atomic E-state index is 12.3. The minimum absolute atomic E-state index is 0.278. The molecule has 2 aromatic heterocycles. The van der Waals surface area contributed by atoms with Gasteiger partial charge >= 0.3 is 0 Å². The summed E-state index contributed by atoms with van der Waals surface area (Å²) in [6.45, 7) is 1.87. The molecule has 0 saturated carbocycles. The van der Waals surface area contributed by atoms with Gasteiger partial charge in [-0.15, -0.1) is 11.3 Å². The number of anilines is 4. The monoisotopic (exact) mass is 388 g/mol. The molecule has 0 spiro atoms. The van der Waals surface area contributed by atoms with Crippen LogP contribution in [0.15, 0.2) is 58.9 Å². The fourth-order valence-electron chi connectivity index (χ4n) is 2.28. The van der Waals surface area contributed by atoms with Gasteiger partial charge in [-0.3, -0.25) is 4.72 Å². The molecule has 0 saturated heterocycles. The fraction of sp³-hybridized carbons (Fsp3) is 0.167. The Labute approximate surface area is 157 Å². The van der Waals surface area contributed by atoms with Gasteiger partial charge in [-0.2, -0.15) is 0 Å². The molecule has 3 rings (SSSR count). The van der Waals surface area contributed by atoms with E-state index in [0.29, 0.717) is 0 Å². The van der Waals surface area contributed by atoms with Gasteiger partial charge in [0, 0.05) is 30.3 Å². The molecule has 0 aliphatic carbocycles. The highest BCUT2D eigenvalue weighted by molar-refractivity contribution is 7.94. The second-order valence-electron chi connectivity index (χ2n) is 5.97. The van der Waals surface area contributed by atoms with Crippen LogP contribution in [0.4, 0.5) is 22.9 Å². The predicted octanol–water partition coefficient (Wildman–Crippen LogP) is 4.06. The van der Waals surface area contributed by atoms with Gasteiger partial charge < -0.3 is 10.2 Å². The second-order valence-corrected chi connectivity index (χ2v) is 9.17. The number of aromatic nitrogens is 1. The van der Waals surface area contributed by atoms with Gasteiger partial charge in [-0.25, -0.2) is 13.4 Å². The summed E-state index contributed by atoms with van der Waals surface area (Å²) in [5, 5.41) is 3.24. The Hall–Kier alpha value is -2.58. The minimum Gasteiger partial charge on any atom is -0.378 e. The molecule has 8 heteroatoms. The van der Waals surface area contributed by atoms with Crippen LogP contribution in [0.2, 0.25) is 0 Å². The topological polar surface area (TPSA) is 74.3 Å². The van der Waals surface area contributed by atoms with Crippen LogP contribution in [0.5, 0.6) is 0 Å². The number of aryl methyl sites for hydroxylation is 1. The lowest BCUT2D eigenvalue weighted by atomic mass is 10.2. The SMILES string of the molecule is Cc1ccc(S(=O)(=O)Nc2ccc(Nc3ccc(N(C)C)cc3)cn2)s1. The van der Waals surface area contributed by atoms with E-state index in [1.165, 1.54) is 11.3 Å². The molecule has 0 bridgehead atoms. The number of sulfonamides is 1. The van der Waals surface area contributed by atoms with E-state index in [1.807, 2.05) is 50.2 Å². The van der Waals surface area contributed by atoms with Crippen molar-refractivity contribution in [2.75, 3.05) is 29.0 Å². The standard InChI is InChI=1S/C18H20N4O2S2/c1-13-4-11-18(25-13)26(23,24)21-17-10-7-15(12-19-17)20-14-5-8-16(9-6-14)22(2)3/h4-12,20H,1-3H3,(H,19,21). The van der Waals surface area contributed by atoms with E-state index in [1.54, 1.807) is 30.5 Å². The first-order chi connectivity index (χ1) is 12.3. The van der Waals surface area contributed by atoms with Crippen molar-refractivity contribution in [1.29, 1.82) is 0 Å². The van der Waals surface area contributed by atoms with E-state index in [-0.39, 0.29) is 10.0 Å². The first kappa shape index (κ1) is 18.2. The van der Waals surface area contributed by atoms with Gasteiger partial charge in [0.25, 0.3) is 10.0 Å². The highest BCUT2D eigenvalue weighted by Gasteiger charge is 2.16. The molecular formula is C18H20N4O2S2. The van der Waals surface area contributed by atoms with Crippen molar-refractivity contribution in [2.24, 2.45) is 0 Å². The molecule has 0 radical (unpaired) electrons. The Morgan fingerprint density at radius 1 is 0.962 bits per heavy atom. The molecule has 0 unspecified atom stereocenters. The lowest BCUT2D eigenvalue weighted by molar-refractivity contribution is 0.603. The lowest BCUT2D eigenvalue weighted by Crippen LogP contribution is -2.12. The molecule has 0 aliphatic heterocycles. The highest BCUT2D eigenvalue weighted by Crippen LogP contribution is 2.24. The molecule has 0 atom stereocenters. The van der Waals surface area contributed by atoms with Crippen molar-refractivity contribution in [2.45, 2.75) is 11.1 Å². The van der Waals surface area contributed by atoms with E-state index in [4.69, 9.17) is 0 Å². The van der Waals surface area contributed by atoms with Crippen molar-refractivity contribution < 1.29 is 8.42 Å². The summed E-state index contributed by atoms with van der Waals surface area (Å²) < 4.78 is 27.4. The summed E-state index contributed by atoms with van der Waals surface area (Å²) in [6.07, 6.45) is 1.59. The smallest absolute Gasteiger partial charge is 0.272 e. The molecule has 0 aliphatic rings. The quantitative estimate of drug-likeness (QED) is 0.666. The fourth-order valence-corrected chi connectivity index (χ4v) is 4.57. The molecule has 26 heavy (non-hydrogen) atoms. The van der Waals surface area contributed by atoms with E-state index in [2.05, 4.69) is 15.0 Å². The molecule has 0 fully saturated rings. The predicted molar refractivity (Wildman–Crippen MR) is 108 cm³/mol. The van der Waals surface area contributed by atoms with Crippen LogP contribution in [-0.2, 0) is 10.0 Å². The normalized spacial score (nSPS) is 11.2. The minimum atomic E-state index is -3.60. The first-order valence-corrected chi connectivity index (χ1v) is 10.2. The lowest BCUT2D eigenvalue weighted by Gasteiger charge is -2.13. The Morgan fingerprint density at radius 2 is 1.65 bits per heavy atom. The number of rotatable bonds is 6. The molecule has 1 aromatic carbocycles. The first-order valence-electron chi connectivity index (χ1n) is 7.93. The van der Waals surface area contributed by atoms with Gasteiger partial charge in [-0.05, 0) is 55.5 Å². The van der Waals surface area contributed by atoms with Crippen LogP contribution in [0.1, 0.15) is 4.88 Å². The van der Waals surface area contributed by atoms with Crippen molar-refractivity contribution in [1.82, 2.24) is 4.98 Å².